The third-order valence-electron chi connectivity index (χ3n) is 5.11. The van der Waals surface area contributed by atoms with Crippen LogP contribution in [0.15, 0.2) is 0 Å². The highest BCUT2D eigenvalue weighted by Crippen LogP contribution is 2.69. The van der Waals surface area contributed by atoms with Gasteiger partial charge in [0.05, 0.1) is 0 Å². The summed E-state index contributed by atoms with van der Waals surface area (Å²) < 4.78 is 0. The Hall–Kier alpha value is -0.280. The molecule has 0 aromatic carbocycles. The summed E-state index contributed by atoms with van der Waals surface area (Å²) in [5.74, 6) is 4.04. The van der Waals surface area contributed by atoms with E-state index in [0.717, 1.165) is 30.2 Å². The Balaban J connectivity index is 0.00000108. The highest BCUT2D eigenvalue weighted by Gasteiger charge is 2.67. The zero-order chi connectivity index (χ0) is 11.3. The van der Waals surface area contributed by atoms with Crippen LogP contribution in [0.2, 0.25) is 0 Å². The number of carbonyl (C=O) groups excluding carboxylic acids is 1. The fraction of sp³-hybridized carbons (Fsp3) is 0.923. The minimum absolute atomic E-state index is 0. The van der Waals surface area contributed by atoms with Crippen molar-refractivity contribution in [2.75, 3.05) is 13.6 Å². The van der Waals surface area contributed by atoms with E-state index in [4.69, 9.17) is 0 Å². The summed E-state index contributed by atoms with van der Waals surface area (Å²) in [7, 11) is 1.93. The van der Waals surface area contributed by atoms with Gasteiger partial charge in [0.25, 0.3) is 0 Å². The van der Waals surface area contributed by atoms with E-state index in [9.17, 15) is 4.79 Å². The van der Waals surface area contributed by atoms with Crippen LogP contribution in [0.4, 0.5) is 0 Å². The molecule has 5 unspecified atom stereocenters. The molecule has 3 aliphatic rings. The van der Waals surface area contributed by atoms with Gasteiger partial charge < -0.3 is 10.6 Å². The molecule has 2 N–H and O–H groups in total. The van der Waals surface area contributed by atoms with Gasteiger partial charge in [0.15, 0.2) is 0 Å². The number of hydrogen-bond acceptors (Lipinski definition) is 2. The third kappa shape index (κ3) is 2.08. The summed E-state index contributed by atoms with van der Waals surface area (Å²) in [5, 5.41) is 6.24. The minimum Gasteiger partial charge on any atom is -0.354 e. The maximum absolute atomic E-state index is 12.0. The van der Waals surface area contributed by atoms with Crippen molar-refractivity contribution in [2.45, 2.75) is 32.2 Å². The average Bonchev–Trinajstić information content (AvgIpc) is 2.74. The van der Waals surface area contributed by atoms with E-state index in [-0.39, 0.29) is 12.4 Å². The van der Waals surface area contributed by atoms with E-state index in [1.54, 1.807) is 0 Å². The highest BCUT2D eigenvalue weighted by atomic mass is 35.5. The molecule has 3 aliphatic carbocycles. The fourth-order valence-corrected chi connectivity index (χ4v) is 4.15. The van der Waals surface area contributed by atoms with E-state index >= 15 is 0 Å². The number of carbonyl (C=O) groups is 1. The summed E-state index contributed by atoms with van der Waals surface area (Å²) >= 11 is 0. The fourth-order valence-electron chi connectivity index (χ4n) is 4.15. The van der Waals surface area contributed by atoms with Gasteiger partial charge in [0, 0.05) is 18.5 Å². The summed E-state index contributed by atoms with van der Waals surface area (Å²) in [5.41, 5.74) is 0. The largest absolute Gasteiger partial charge is 0.354 e. The van der Waals surface area contributed by atoms with Crippen LogP contribution < -0.4 is 10.6 Å². The Morgan fingerprint density at radius 3 is 2.41 bits per heavy atom. The number of fused-ring (bicyclic) bond motifs is 5. The zero-order valence-corrected chi connectivity index (χ0v) is 11.4. The molecule has 3 fully saturated rings. The Kier molecular flexibility index (Phi) is 3.69. The van der Waals surface area contributed by atoms with E-state index in [1.165, 1.54) is 19.3 Å². The van der Waals surface area contributed by atoms with E-state index in [0.29, 0.717) is 17.9 Å². The average molecular weight is 259 g/mol. The number of nitrogens with one attached hydrogen (secondary N) is 2. The van der Waals surface area contributed by atoms with Crippen LogP contribution in [0.3, 0.4) is 0 Å². The summed E-state index contributed by atoms with van der Waals surface area (Å²) in [4.78, 5) is 12.0. The highest BCUT2D eigenvalue weighted by molar-refractivity contribution is 5.85. The van der Waals surface area contributed by atoms with Crippen molar-refractivity contribution in [1.29, 1.82) is 0 Å². The summed E-state index contributed by atoms with van der Waals surface area (Å²) in [6.07, 6.45) is 4.21. The van der Waals surface area contributed by atoms with Crippen molar-refractivity contribution in [3.8, 4) is 0 Å². The normalized spacial score (nSPS) is 42.6. The van der Waals surface area contributed by atoms with Gasteiger partial charge in [0.1, 0.15) is 0 Å². The van der Waals surface area contributed by atoms with Crippen LogP contribution in [0.1, 0.15) is 26.2 Å². The van der Waals surface area contributed by atoms with Gasteiger partial charge in [-0.1, -0.05) is 0 Å². The second-order valence-electron chi connectivity index (χ2n) is 5.95. The Morgan fingerprint density at radius 1 is 1.29 bits per heavy atom. The molecule has 0 heterocycles. The first kappa shape index (κ1) is 13.2. The molecule has 98 valence electrons. The molecule has 0 aliphatic heterocycles. The lowest BCUT2D eigenvalue weighted by atomic mass is 10.0. The smallest absolute Gasteiger partial charge is 0.223 e. The van der Waals surface area contributed by atoms with Crippen molar-refractivity contribution >= 4 is 18.3 Å². The zero-order valence-electron chi connectivity index (χ0n) is 10.6. The van der Waals surface area contributed by atoms with E-state index in [1.807, 2.05) is 7.05 Å². The molecule has 0 radical (unpaired) electrons. The van der Waals surface area contributed by atoms with Gasteiger partial charge in [-0.05, 0) is 56.9 Å². The second-order valence-corrected chi connectivity index (χ2v) is 5.95. The Labute approximate surface area is 110 Å². The quantitative estimate of drug-likeness (QED) is 0.801. The standard InChI is InChI=1S/C13H22N2O.ClH/c1-7(14-2)6-15-13(16)12-10-8-3-4-9(5-8)11(10)12;/h7-12,14H,3-6H2,1-2H3,(H,15,16);1H. The second kappa shape index (κ2) is 4.77. The van der Waals surface area contributed by atoms with Crippen LogP contribution in [-0.4, -0.2) is 25.5 Å². The molecule has 3 rings (SSSR count). The molecule has 2 bridgehead atoms. The number of rotatable bonds is 4. The Morgan fingerprint density at radius 2 is 1.88 bits per heavy atom. The number of hydrogen-bond donors (Lipinski definition) is 2. The lowest BCUT2D eigenvalue weighted by Crippen LogP contribution is -2.38. The van der Waals surface area contributed by atoms with Gasteiger partial charge in [-0.25, -0.2) is 0 Å². The van der Waals surface area contributed by atoms with Gasteiger partial charge >= 0.3 is 0 Å². The van der Waals surface area contributed by atoms with Crippen molar-refractivity contribution < 1.29 is 4.79 Å². The predicted molar refractivity (Wildman–Crippen MR) is 70.1 cm³/mol. The van der Waals surface area contributed by atoms with Gasteiger partial charge in [-0.3, -0.25) is 4.79 Å². The van der Waals surface area contributed by atoms with Crippen LogP contribution in [0, 0.1) is 29.6 Å². The molecular weight excluding hydrogens is 236 g/mol. The number of amides is 1. The molecule has 4 heteroatoms. The maximum atomic E-state index is 12.0. The molecule has 0 saturated heterocycles. The molecule has 5 atom stereocenters. The maximum Gasteiger partial charge on any atom is 0.223 e. The van der Waals surface area contributed by atoms with Gasteiger partial charge in [-0.15, -0.1) is 12.4 Å². The lowest BCUT2D eigenvalue weighted by molar-refractivity contribution is -0.123. The number of halogens is 1. The third-order valence-corrected chi connectivity index (χ3v) is 5.11. The molecular formula is C13H23ClN2O. The SMILES string of the molecule is CNC(C)CNC(=O)C1C2C3CCC(C3)C12.Cl. The first-order valence-corrected chi connectivity index (χ1v) is 6.67. The van der Waals surface area contributed by atoms with Crippen molar-refractivity contribution in [3.63, 3.8) is 0 Å². The van der Waals surface area contributed by atoms with Crippen molar-refractivity contribution in [3.05, 3.63) is 0 Å². The molecule has 0 spiro atoms. The lowest BCUT2D eigenvalue weighted by Gasteiger charge is -2.13. The van der Waals surface area contributed by atoms with E-state index < -0.39 is 0 Å². The predicted octanol–water partition coefficient (Wildman–Crippen LogP) is 1.42. The van der Waals surface area contributed by atoms with Gasteiger partial charge in [-0.2, -0.15) is 0 Å². The molecule has 3 nitrogen and oxygen atoms in total. The first-order valence-electron chi connectivity index (χ1n) is 6.67. The summed E-state index contributed by atoms with van der Waals surface area (Å²) in [6.45, 7) is 2.86. The minimum atomic E-state index is 0. The van der Waals surface area contributed by atoms with Crippen LogP contribution in [0.25, 0.3) is 0 Å². The monoisotopic (exact) mass is 258 g/mol. The van der Waals surface area contributed by atoms with E-state index in [2.05, 4.69) is 17.6 Å². The van der Waals surface area contributed by atoms with Crippen molar-refractivity contribution in [2.24, 2.45) is 29.6 Å². The molecule has 0 aromatic heterocycles. The molecule has 1 amide bonds. The molecule has 17 heavy (non-hydrogen) atoms. The Bertz CT molecular complexity index is 294. The van der Waals surface area contributed by atoms with Gasteiger partial charge in [0.2, 0.25) is 5.91 Å². The first-order chi connectivity index (χ1) is 7.72. The molecule has 3 saturated carbocycles. The number of likely N-dealkylation sites (N-methyl/N-ethyl adjacent to an activating group) is 1. The van der Waals surface area contributed by atoms with Crippen molar-refractivity contribution in [1.82, 2.24) is 10.6 Å². The summed E-state index contributed by atoms with van der Waals surface area (Å²) in [6, 6.07) is 0.374. The van der Waals surface area contributed by atoms with Crippen LogP contribution in [-0.2, 0) is 4.79 Å². The van der Waals surface area contributed by atoms with Crippen LogP contribution >= 0.6 is 12.4 Å². The molecule has 0 aromatic rings. The topological polar surface area (TPSA) is 41.1 Å². The van der Waals surface area contributed by atoms with Crippen LogP contribution in [0.5, 0.6) is 0 Å².